The van der Waals surface area contributed by atoms with Crippen LogP contribution in [0.25, 0.3) is 10.9 Å². The van der Waals surface area contributed by atoms with Crippen molar-refractivity contribution in [3.05, 3.63) is 36.0 Å². The van der Waals surface area contributed by atoms with Crippen LogP contribution in [0.2, 0.25) is 0 Å². The normalized spacial score (nSPS) is 23.0. The Morgan fingerprint density at radius 2 is 1.14 bits per heavy atom. The molecule has 584 valence electrons. The van der Waals surface area contributed by atoms with Crippen LogP contribution in [-0.2, 0) is 92.7 Å². The highest BCUT2D eigenvalue weighted by molar-refractivity contribution is 6.02. The molecule has 3 fully saturated rings. The summed E-state index contributed by atoms with van der Waals surface area (Å²) >= 11 is 0. The van der Waals surface area contributed by atoms with Crippen LogP contribution in [0.4, 0.5) is 0 Å². The molecule has 38 heteroatoms. The fraction of sp³-hybridized carbons (Fsp3) is 0.618. The Hall–Kier alpha value is -10.8. The van der Waals surface area contributed by atoms with Crippen LogP contribution >= 0.6 is 0 Å². The van der Waals surface area contributed by atoms with Crippen molar-refractivity contribution in [2.45, 2.75) is 229 Å². The number of aromatic amines is 1. The highest BCUT2D eigenvalue weighted by Crippen LogP contribution is 2.24. The molecule has 0 radical (unpaired) electrons. The number of hydrogen-bond acceptors (Lipinski definition) is 19. The van der Waals surface area contributed by atoms with E-state index >= 15 is 4.79 Å². The molecule has 13 atom stereocenters. The largest absolute Gasteiger partial charge is 0.481 e. The maximum absolute atomic E-state index is 15.2. The topological polar surface area (TPSA) is 581 Å². The van der Waals surface area contributed by atoms with E-state index in [4.69, 9.17) is 5.73 Å². The van der Waals surface area contributed by atoms with Gasteiger partial charge in [0.05, 0.1) is 44.9 Å². The number of aromatic nitrogens is 1. The third kappa shape index (κ3) is 26.7. The third-order valence-corrected chi connectivity index (χ3v) is 18.3. The van der Waals surface area contributed by atoms with E-state index in [1.165, 1.54) is 0 Å². The monoisotopic (exact) mass is 1490 g/mol. The summed E-state index contributed by atoms with van der Waals surface area (Å²) in [6.45, 7) is 4.22. The number of unbranched alkanes of at least 4 members (excludes halogenated alkanes) is 6. The van der Waals surface area contributed by atoms with Crippen molar-refractivity contribution < 1.29 is 107 Å². The molecule has 2 aromatic rings. The number of amides is 15. The first-order chi connectivity index (χ1) is 50.2. The smallest absolute Gasteiger partial charge is 0.305 e. The Balaban J connectivity index is 1.50. The lowest BCUT2D eigenvalue weighted by molar-refractivity contribution is -0.146. The number of nitrogens with two attached hydrogens (primary N) is 1. The number of aliphatic carboxylic acids is 3. The first-order valence-corrected chi connectivity index (χ1v) is 35.5. The van der Waals surface area contributed by atoms with Crippen LogP contribution < -0.4 is 69.5 Å². The van der Waals surface area contributed by atoms with Crippen LogP contribution in [0.15, 0.2) is 30.5 Å². The second-order valence-electron chi connectivity index (χ2n) is 26.7. The molecular formula is C68H100N16O22. The van der Waals surface area contributed by atoms with E-state index in [9.17, 15) is 102 Å². The van der Waals surface area contributed by atoms with Gasteiger partial charge in [-0.05, 0) is 69.9 Å². The number of benzene rings is 1. The molecule has 5 rings (SSSR count). The standard InChI is InChI=1S/C68H100N16O22/c1-6-8-9-10-11-12-13-23-50(87)75-41(26-38-31-70-40-20-15-14-19-39(38)40)61(99)78-42(27-49(69)86)62(100)79-45(30-55(94)95)63(101)80-46-32-71-64(102)48-22-18-25-84(48)68(106)56(35(3)7-2)82-66(104)57(37(5)85)81-52(89)34-72-59(97)43(28-53(90)91)77-58(96)36(4)74-60(98)44(29-54(92)93)76-51(88)33-73-65(103)47-21-16-17-24-83(47)67(46)105/h14-15,19-20,31,35-37,41-48,56-57,70,85H,6-13,16-18,21-30,32-34H2,1-5H3,(H2,69,86)(H,71,102)(H,72,97)(H,73,103)(H,74,98)(H,75,87)(H,76,88)(H,77,96)(H,78,99)(H,79,100)(H,80,101)(H,81,89)(H,82,104)(H,90,91)(H,92,93)(H,94,95)/t35-,36+,37+,41-,42+,43-,44-,45-,46-,47+,48+,56-,57+/m0/s1. The molecule has 4 heterocycles. The minimum atomic E-state index is -2.19. The fourth-order valence-corrected chi connectivity index (χ4v) is 12.3. The predicted octanol–water partition coefficient (Wildman–Crippen LogP) is -4.31. The second kappa shape index (κ2) is 42.2. The zero-order valence-electron chi connectivity index (χ0n) is 60.0. The molecule has 1 aromatic carbocycles. The van der Waals surface area contributed by atoms with Crippen LogP contribution in [0, 0.1) is 5.92 Å². The first-order valence-electron chi connectivity index (χ1n) is 35.5. The van der Waals surface area contributed by atoms with Crippen molar-refractivity contribution in [2.75, 3.05) is 32.7 Å². The molecule has 0 bridgehead atoms. The highest BCUT2D eigenvalue weighted by atomic mass is 16.4. The molecule has 0 spiro atoms. The number of fused-ring (bicyclic) bond motifs is 3. The molecule has 15 amide bonds. The molecule has 38 nitrogen and oxygen atoms in total. The van der Waals surface area contributed by atoms with E-state index in [1.807, 2.05) is 0 Å². The molecule has 3 aliphatic heterocycles. The number of carbonyl (C=O) groups excluding carboxylic acids is 15. The first kappa shape index (κ1) is 85.8. The molecule has 3 aliphatic rings. The molecule has 19 N–H and O–H groups in total. The molecule has 3 saturated heterocycles. The maximum atomic E-state index is 15.2. The summed E-state index contributed by atoms with van der Waals surface area (Å²) in [5.74, 6) is -22.4. The van der Waals surface area contributed by atoms with Gasteiger partial charge in [-0.1, -0.05) is 83.9 Å². The number of rotatable bonds is 28. The van der Waals surface area contributed by atoms with Gasteiger partial charge >= 0.3 is 17.9 Å². The van der Waals surface area contributed by atoms with Gasteiger partial charge in [0.25, 0.3) is 0 Å². The Labute approximate surface area is 610 Å². The number of para-hydroxylation sites is 1. The Bertz CT molecular complexity index is 3550. The number of piperidine rings is 1. The number of hydrogen-bond donors (Lipinski definition) is 18. The third-order valence-electron chi connectivity index (χ3n) is 18.3. The number of aliphatic hydroxyl groups is 1. The summed E-state index contributed by atoms with van der Waals surface area (Å²) in [7, 11) is 0. The van der Waals surface area contributed by atoms with Gasteiger partial charge in [-0.2, -0.15) is 0 Å². The molecule has 0 unspecified atom stereocenters. The SMILES string of the molecule is CCCCCCCCCC(=O)N[C@@H](Cc1c[nH]c2ccccc12)C(=O)N[C@H](CC(N)=O)C(=O)N[C@@H](CC(=O)O)C(=O)N[C@H]1CNC(=O)[C@H]2CCCN2C(=O)[C@H]([C@@H](C)CC)NC(=O)[C@@H]([C@@H](C)O)NC(=O)CNC(=O)[C@H](CC(=O)O)NC(=O)[C@@H](C)NC(=O)[C@H](CC(=O)O)NC(=O)CNC(=O)[C@H]2CCCCN2C1=O. The summed E-state index contributed by atoms with van der Waals surface area (Å²) in [5.41, 5.74) is 6.87. The van der Waals surface area contributed by atoms with E-state index in [1.54, 1.807) is 44.3 Å². The molecule has 0 aliphatic carbocycles. The average molecular weight is 1490 g/mol. The summed E-state index contributed by atoms with van der Waals surface area (Å²) in [6.07, 6.45) is 2.37. The molecular weight excluding hydrogens is 1390 g/mol. The quantitative estimate of drug-likeness (QED) is 0.0358. The van der Waals surface area contributed by atoms with E-state index < -0.39 is 230 Å². The molecule has 0 saturated carbocycles. The van der Waals surface area contributed by atoms with Crippen LogP contribution in [-0.4, -0.2) is 247 Å². The van der Waals surface area contributed by atoms with Crippen LogP contribution in [0.1, 0.15) is 156 Å². The number of primary amides is 1. The average Bonchev–Trinajstić information content (AvgIpc) is 1.53. The minimum absolute atomic E-state index is 0.0351. The Kier molecular flexibility index (Phi) is 34.2. The van der Waals surface area contributed by atoms with E-state index in [2.05, 4.69) is 75.7 Å². The van der Waals surface area contributed by atoms with E-state index in [-0.39, 0.29) is 64.5 Å². The summed E-state index contributed by atoms with van der Waals surface area (Å²) in [4.78, 5) is 251. The molecule has 1 aromatic heterocycles. The lowest BCUT2D eigenvalue weighted by Crippen LogP contribution is -2.63. The highest BCUT2D eigenvalue weighted by Gasteiger charge is 2.44. The summed E-state index contributed by atoms with van der Waals surface area (Å²) in [5, 5.41) is 68.8. The van der Waals surface area contributed by atoms with Crippen molar-refractivity contribution >= 4 is 117 Å². The van der Waals surface area contributed by atoms with E-state index in [0.717, 1.165) is 62.2 Å². The van der Waals surface area contributed by atoms with Crippen LogP contribution in [0.5, 0.6) is 0 Å². The fourth-order valence-electron chi connectivity index (χ4n) is 12.3. The number of nitrogens with one attached hydrogen (secondary N) is 13. The number of aliphatic hydroxyl groups excluding tert-OH is 1. The maximum Gasteiger partial charge on any atom is 0.305 e. The van der Waals surface area contributed by atoms with Crippen molar-refractivity contribution in [1.82, 2.24) is 78.6 Å². The van der Waals surface area contributed by atoms with Gasteiger partial charge in [-0.15, -0.1) is 0 Å². The van der Waals surface area contributed by atoms with Crippen molar-refractivity contribution in [2.24, 2.45) is 11.7 Å². The Morgan fingerprint density at radius 3 is 1.76 bits per heavy atom. The molecule has 106 heavy (non-hydrogen) atoms. The van der Waals surface area contributed by atoms with Crippen LogP contribution in [0.3, 0.4) is 0 Å². The van der Waals surface area contributed by atoms with Gasteiger partial charge in [-0.25, -0.2) is 0 Å². The van der Waals surface area contributed by atoms with Crippen molar-refractivity contribution in [1.29, 1.82) is 0 Å². The van der Waals surface area contributed by atoms with E-state index in [0.29, 0.717) is 22.9 Å². The number of carboxylic acids is 3. The van der Waals surface area contributed by atoms with Gasteiger partial charge in [0.15, 0.2) is 0 Å². The van der Waals surface area contributed by atoms with Crippen molar-refractivity contribution in [3.63, 3.8) is 0 Å². The predicted molar refractivity (Wildman–Crippen MR) is 372 cm³/mol. The van der Waals surface area contributed by atoms with Gasteiger partial charge < -0.3 is 105 Å². The van der Waals surface area contributed by atoms with Crippen molar-refractivity contribution in [3.8, 4) is 0 Å². The Morgan fingerprint density at radius 1 is 0.575 bits per heavy atom. The lowest BCUT2D eigenvalue weighted by Gasteiger charge is -2.37. The number of nitrogens with zero attached hydrogens (tertiary/aromatic N) is 2. The number of carbonyl (C=O) groups is 18. The minimum Gasteiger partial charge on any atom is -0.481 e. The summed E-state index contributed by atoms with van der Waals surface area (Å²) in [6, 6.07) is -12.3. The van der Waals surface area contributed by atoms with Gasteiger partial charge in [0.1, 0.15) is 66.5 Å². The number of H-pyrrole nitrogens is 1. The second-order valence-corrected chi connectivity index (χ2v) is 26.7. The van der Waals surface area contributed by atoms with Gasteiger partial charge in [0.2, 0.25) is 88.6 Å². The zero-order chi connectivity index (χ0) is 78.5. The van der Waals surface area contributed by atoms with Gasteiger partial charge in [-0.3, -0.25) is 86.3 Å². The number of carboxylic acid groups (broad SMARTS) is 3. The van der Waals surface area contributed by atoms with Gasteiger partial charge in [0, 0.05) is 49.6 Å². The zero-order valence-corrected chi connectivity index (χ0v) is 60.0. The summed E-state index contributed by atoms with van der Waals surface area (Å²) < 4.78 is 0. The lowest BCUT2D eigenvalue weighted by atomic mass is 9.96.